The summed E-state index contributed by atoms with van der Waals surface area (Å²) in [5.41, 5.74) is 2.27. The van der Waals surface area contributed by atoms with Crippen LogP contribution in [0, 0.1) is 0 Å². The summed E-state index contributed by atoms with van der Waals surface area (Å²) in [4.78, 5) is 19.7. The summed E-state index contributed by atoms with van der Waals surface area (Å²) in [6.07, 6.45) is 9.38. The molecule has 27 heavy (non-hydrogen) atoms. The lowest BCUT2D eigenvalue weighted by molar-refractivity contribution is 0.0526. The Morgan fingerprint density at radius 3 is 2.78 bits per heavy atom. The predicted molar refractivity (Wildman–Crippen MR) is 105 cm³/mol. The maximum absolute atomic E-state index is 13.1. The summed E-state index contributed by atoms with van der Waals surface area (Å²) in [7, 11) is 0. The molecule has 5 heteroatoms. The van der Waals surface area contributed by atoms with E-state index in [1.165, 1.54) is 19.3 Å². The highest BCUT2D eigenvalue weighted by molar-refractivity contribution is 5.97. The molecule has 5 nitrogen and oxygen atoms in total. The summed E-state index contributed by atoms with van der Waals surface area (Å²) >= 11 is 0. The highest BCUT2D eigenvalue weighted by Crippen LogP contribution is 2.34. The first-order chi connectivity index (χ1) is 13.2. The molecule has 2 fully saturated rings. The summed E-state index contributed by atoms with van der Waals surface area (Å²) in [5, 5.41) is 0. The van der Waals surface area contributed by atoms with Crippen molar-refractivity contribution < 1.29 is 13.9 Å². The predicted octanol–water partition coefficient (Wildman–Crippen LogP) is 4.91. The van der Waals surface area contributed by atoms with E-state index in [0.29, 0.717) is 18.0 Å². The van der Waals surface area contributed by atoms with Gasteiger partial charge in [0.15, 0.2) is 11.5 Å². The number of rotatable bonds is 6. The Bertz CT molecular complexity index is 773. The minimum Gasteiger partial charge on any atom is -0.440 e. The van der Waals surface area contributed by atoms with E-state index in [-0.39, 0.29) is 12.0 Å². The quantitative estimate of drug-likeness (QED) is 0.725. The molecule has 0 spiro atoms. The molecule has 1 aromatic heterocycles. The molecule has 1 unspecified atom stereocenters. The van der Waals surface area contributed by atoms with Crippen molar-refractivity contribution in [1.82, 2.24) is 9.88 Å². The number of ether oxygens (including phenoxy) is 1. The number of aromatic nitrogens is 1. The Balaban J connectivity index is 1.53. The van der Waals surface area contributed by atoms with E-state index in [9.17, 15) is 4.79 Å². The van der Waals surface area contributed by atoms with Crippen LogP contribution in [0.25, 0.3) is 11.1 Å². The number of benzene rings is 1. The fourth-order valence-electron chi connectivity index (χ4n) is 4.36. The second-order valence-corrected chi connectivity index (χ2v) is 7.96. The van der Waals surface area contributed by atoms with Crippen LogP contribution in [-0.2, 0) is 4.74 Å². The molecule has 0 bridgehead atoms. The normalized spacial score (nSPS) is 21.0. The van der Waals surface area contributed by atoms with E-state index < -0.39 is 0 Å². The first-order valence-electron chi connectivity index (χ1n) is 10.6. The van der Waals surface area contributed by atoms with Crippen molar-refractivity contribution in [3.63, 3.8) is 0 Å². The second-order valence-electron chi connectivity index (χ2n) is 7.96. The molecule has 2 aliphatic rings. The first-order valence-corrected chi connectivity index (χ1v) is 10.6. The van der Waals surface area contributed by atoms with Gasteiger partial charge in [-0.25, -0.2) is 4.98 Å². The molecular formula is C22H30N2O3. The van der Waals surface area contributed by atoms with Crippen molar-refractivity contribution in [3.05, 3.63) is 29.7 Å². The zero-order valence-electron chi connectivity index (χ0n) is 16.3. The SMILES string of the molecule is CCCN(CC1CCCO1)C(=O)c1ccc2nc(C3CCCCC3)oc2c1. The minimum atomic E-state index is 0.0601. The molecule has 1 saturated carbocycles. The maximum Gasteiger partial charge on any atom is 0.254 e. The van der Waals surface area contributed by atoms with Gasteiger partial charge in [-0.3, -0.25) is 4.79 Å². The van der Waals surface area contributed by atoms with Crippen molar-refractivity contribution in [1.29, 1.82) is 0 Å². The van der Waals surface area contributed by atoms with Crippen molar-refractivity contribution in [3.8, 4) is 0 Å². The molecule has 1 amide bonds. The average Bonchev–Trinajstić information content (AvgIpc) is 3.36. The Morgan fingerprint density at radius 2 is 2.04 bits per heavy atom. The number of fused-ring (bicyclic) bond motifs is 1. The number of hydrogen-bond donors (Lipinski definition) is 0. The van der Waals surface area contributed by atoms with Crippen LogP contribution in [-0.4, -0.2) is 41.6 Å². The van der Waals surface area contributed by atoms with Gasteiger partial charge in [0.1, 0.15) is 5.52 Å². The van der Waals surface area contributed by atoms with Gasteiger partial charge in [-0.1, -0.05) is 26.2 Å². The molecule has 1 aliphatic heterocycles. The average molecular weight is 370 g/mol. The molecule has 2 aromatic rings. The highest BCUT2D eigenvalue weighted by Gasteiger charge is 2.24. The number of hydrogen-bond acceptors (Lipinski definition) is 4. The molecule has 1 aliphatic carbocycles. The van der Waals surface area contributed by atoms with Crippen LogP contribution in [0.5, 0.6) is 0 Å². The van der Waals surface area contributed by atoms with Crippen LogP contribution in [0.15, 0.2) is 22.6 Å². The van der Waals surface area contributed by atoms with Crippen molar-refractivity contribution >= 4 is 17.0 Å². The number of oxazole rings is 1. The zero-order chi connectivity index (χ0) is 18.6. The molecule has 1 saturated heterocycles. The van der Waals surface area contributed by atoms with E-state index in [1.807, 2.05) is 23.1 Å². The number of nitrogens with zero attached hydrogens (tertiary/aromatic N) is 2. The van der Waals surface area contributed by atoms with Crippen molar-refractivity contribution in [2.75, 3.05) is 19.7 Å². The fourth-order valence-corrected chi connectivity index (χ4v) is 4.36. The van der Waals surface area contributed by atoms with Gasteiger partial charge < -0.3 is 14.1 Å². The molecule has 1 aromatic carbocycles. The van der Waals surface area contributed by atoms with E-state index in [4.69, 9.17) is 9.15 Å². The Morgan fingerprint density at radius 1 is 1.19 bits per heavy atom. The van der Waals surface area contributed by atoms with Gasteiger partial charge in [0.2, 0.25) is 0 Å². The van der Waals surface area contributed by atoms with Gasteiger partial charge in [-0.2, -0.15) is 0 Å². The molecular weight excluding hydrogens is 340 g/mol. The van der Waals surface area contributed by atoms with Gasteiger partial charge in [0.25, 0.3) is 5.91 Å². The third-order valence-electron chi connectivity index (χ3n) is 5.84. The molecule has 0 N–H and O–H groups in total. The van der Waals surface area contributed by atoms with Gasteiger partial charge in [-0.15, -0.1) is 0 Å². The third-order valence-corrected chi connectivity index (χ3v) is 5.84. The van der Waals surface area contributed by atoms with E-state index in [0.717, 1.165) is 62.2 Å². The Kier molecular flexibility index (Phi) is 5.77. The smallest absolute Gasteiger partial charge is 0.254 e. The number of carbonyl (C=O) groups excluding carboxylic acids is 1. The molecule has 4 rings (SSSR count). The summed E-state index contributed by atoms with van der Waals surface area (Å²) in [5.74, 6) is 1.34. The lowest BCUT2D eigenvalue weighted by Crippen LogP contribution is -2.37. The van der Waals surface area contributed by atoms with E-state index in [2.05, 4.69) is 11.9 Å². The number of amides is 1. The molecule has 146 valence electrons. The lowest BCUT2D eigenvalue weighted by Gasteiger charge is -2.25. The fraction of sp³-hybridized carbons (Fsp3) is 0.636. The molecule has 1 atom stereocenters. The van der Waals surface area contributed by atoms with Crippen LogP contribution in [0.3, 0.4) is 0 Å². The topological polar surface area (TPSA) is 55.6 Å². The number of carbonyl (C=O) groups is 1. The van der Waals surface area contributed by atoms with E-state index in [1.54, 1.807) is 0 Å². The highest BCUT2D eigenvalue weighted by atomic mass is 16.5. The standard InChI is InChI=1S/C22H30N2O3/c1-2-12-24(15-18-9-6-13-26-18)22(25)17-10-11-19-20(14-17)27-21(23-19)16-7-4-3-5-8-16/h10-11,14,16,18H,2-9,12-13,15H2,1H3. The second kappa shape index (κ2) is 8.42. The van der Waals surface area contributed by atoms with Crippen LogP contribution in [0.1, 0.15) is 80.5 Å². The Labute approximate surface area is 161 Å². The molecule has 0 radical (unpaired) electrons. The minimum absolute atomic E-state index is 0.0601. The van der Waals surface area contributed by atoms with Crippen molar-refractivity contribution in [2.45, 2.75) is 70.3 Å². The summed E-state index contributed by atoms with van der Waals surface area (Å²) in [6, 6.07) is 5.68. The largest absolute Gasteiger partial charge is 0.440 e. The van der Waals surface area contributed by atoms with Crippen LogP contribution >= 0.6 is 0 Å². The summed E-state index contributed by atoms with van der Waals surface area (Å²) < 4.78 is 11.8. The zero-order valence-corrected chi connectivity index (χ0v) is 16.3. The van der Waals surface area contributed by atoms with Gasteiger partial charge in [-0.05, 0) is 50.3 Å². The van der Waals surface area contributed by atoms with Gasteiger partial charge in [0, 0.05) is 31.2 Å². The van der Waals surface area contributed by atoms with Crippen LogP contribution in [0.4, 0.5) is 0 Å². The lowest BCUT2D eigenvalue weighted by atomic mass is 9.89. The van der Waals surface area contributed by atoms with Crippen LogP contribution < -0.4 is 0 Å². The maximum atomic E-state index is 13.1. The van der Waals surface area contributed by atoms with Crippen LogP contribution in [0.2, 0.25) is 0 Å². The summed E-state index contributed by atoms with van der Waals surface area (Å²) in [6.45, 7) is 4.34. The van der Waals surface area contributed by atoms with Gasteiger partial charge >= 0.3 is 0 Å². The monoisotopic (exact) mass is 370 g/mol. The third kappa shape index (κ3) is 4.18. The first kappa shape index (κ1) is 18.5. The van der Waals surface area contributed by atoms with Gasteiger partial charge in [0.05, 0.1) is 6.10 Å². The Hall–Kier alpha value is -1.88. The van der Waals surface area contributed by atoms with Crippen molar-refractivity contribution in [2.24, 2.45) is 0 Å². The molecule has 2 heterocycles. The van der Waals surface area contributed by atoms with E-state index >= 15 is 0 Å².